The number of hydrogen-bond donors (Lipinski definition) is 1. The Kier molecular flexibility index (Phi) is 5.72. The second kappa shape index (κ2) is 8.02. The maximum absolute atomic E-state index is 12.7. The molecule has 1 aliphatic heterocycles. The SMILES string of the molecule is CN(CC(=O)Nc1ccccc1C(=O)c1ccccc1)[C@H]1CCS(=O)(=O)C1. The topological polar surface area (TPSA) is 83.6 Å². The molecule has 0 aromatic heterocycles. The molecule has 3 rings (SSSR count). The number of anilines is 1. The highest BCUT2D eigenvalue weighted by Crippen LogP contribution is 2.20. The molecule has 0 spiro atoms. The van der Waals surface area contributed by atoms with E-state index in [1.165, 1.54) is 0 Å². The number of carbonyl (C=O) groups is 2. The van der Waals surface area contributed by atoms with Crippen LogP contribution in [0.3, 0.4) is 0 Å². The van der Waals surface area contributed by atoms with Crippen molar-refractivity contribution >= 4 is 27.2 Å². The molecule has 2 aromatic carbocycles. The van der Waals surface area contributed by atoms with Gasteiger partial charge in [-0.25, -0.2) is 8.42 Å². The van der Waals surface area contributed by atoms with Crippen LogP contribution < -0.4 is 5.32 Å². The number of likely N-dealkylation sites (N-methyl/N-ethyl adjacent to an activating group) is 1. The van der Waals surface area contributed by atoms with Gasteiger partial charge in [0.05, 0.1) is 23.7 Å². The number of para-hydroxylation sites is 1. The number of rotatable bonds is 6. The monoisotopic (exact) mass is 386 g/mol. The Balaban J connectivity index is 1.69. The minimum absolute atomic E-state index is 0.0635. The number of sulfone groups is 1. The molecule has 1 N–H and O–H groups in total. The molecule has 0 unspecified atom stereocenters. The van der Waals surface area contributed by atoms with E-state index in [9.17, 15) is 18.0 Å². The summed E-state index contributed by atoms with van der Waals surface area (Å²) >= 11 is 0. The molecule has 1 fully saturated rings. The maximum atomic E-state index is 12.7. The standard InChI is InChI=1S/C20H22N2O4S/c1-22(16-11-12-27(25,26)14-16)13-19(23)21-18-10-6-5-9-17(18)20(24)15-7-3-2-4-8-15/h2-10,16H,11-14H2,1H3,(H,21,23)/t16-/m0/s1. The van der Waals surface area contributed by atoms with Crippen molar-refractivity contribution in [1.29, 1.82) is 0 Å². The Bertz CT molecular complexity index is 941. The predicted molar refractivity (Wildman–Crippen MR) is 105 cm³/mol. The number of hydrogen-bond acceptors (Lipinski definition) is 5. The first kappa shape index (κ1) is 19.3. The summed E-state index contributed by atoms with van der Waals surface area (Å²) in [6, 6.07) is 15.6. The van der Waals surface area contributed by atoms with E-state index in [1.54, 1.807) is 60.5 Å². The van der Waals surface area contributed by atoms with E-state index in [0.29, 0.717) is 23.2 Å². The molecule has 0 aliphatic carbocycles. The summed E-state index contributed by atoms with van der Waals surface area (Å²) in [6.07, 6.45) is 0.537. The lowest BCUT2D eigenvalue weighted by Crippen LogP contribution is -2.38. The van der Waals surface area contributed by atoms with Crippen LogP contribution in [0, 0.1) is 0 Å². The van der Waals surface area contributed by atoms with E-state index in [1.807, 2.05) is 6.07 Å². The van der Waals surface area contributed by atoms with E-state index < -0.39 is 9.84 Å². The van der Waals surface area contributed by atoms with Gasteiger partial charge in [-0.2, -0.15) is 0 Å². The highest BCUT2D eigenvalue weighted by molar-refractivity contribution is 7.91. The average molecular weight is 386 g/mol. The Morgan fingerprint density at radius 2 is 1.74 bits per heavy atom. The highest BCUT2D eigenvalue weighted by atomic mass is 32.2. The van der Waals surface area contributed by atoms with Crippen LogP contribution in [0.15, 0.2) is 54.6 Å². The van der Waals surface area contributed by atoms with Gasteiger partial charge in [0, 0.05) is 17.2 Å². The Labute approximate surface area is 159 Å². The summed E-state index contributed by atoms with van der Waals surface area (Å²) in [5, 5.41) is 2.79. The minimum Gasteiger partial charge on any atom is -0.324 e. The van der Waals surface area contributed by atoms with Crippen LogP contribution in [0.5, 0.6) is 0 Å². The first-order valence-corrected chi connectivity index (χ1v) is 10.6. The van der Waals surface area contributed by atoms with Crippen molar-refractivity contribution in [3.8, 4) is 0 Å². The van der Waals surface area contributed by atoms with Crippen LogP contribution in [0.1, 0.15) is 22.3 Å². The molecule has 27 heavy (non-hydrogen) atoms. The third-order valence-electron chi connectivity index (χ3n) is 4.71. The van der Waals surface area contributed by atoms with Crippen molar-refractivity contribution in [2.45, 2.75) is 12.5 Å². The van der Waals surface area contributed by atoms with E-state index in [4.69, 9.17) is 0 Å². The third-order valence-corrected chi connectivity index (χ3v) is 6.46. The minimum atomic E-state index is -3.00. The first-order valence-electron chi connectivity index (χ1n) is 8.75. The summed E-state index contributed by atoms with van der Waals surface area (Å²) in [6.45, 7) is 0.0635. The van der Waals surface area contributed by atoms with Crippen LogP contribution in [-0.4, -0.2) is 56.1 Å². The van der Waals surface area contributed by atoms with E-state index in [0.717, 1.165) is 0 Å². The zero-order valence-corrected chi connectivity index (χ0v) is 15.9. The van der Waals surface area contributed by atoms with Crippen molar-refractivity contribution in [2.75, 3.05) is 30.4 Å². The molecular weight excluding hydrogens is 364 g/mol. The highest BCUT2D eigenvalue weighted by Gasteiger charge is 2.31. The van der Waals surface area contributed by atoms with Gasteiger partial charge in [0.15, 0.2) is 15.6 Å². The van der Waals surface area contributed by atoms with Gasteiger partial charge in [-0.1, -0.05) is 42.5 Å². The normalized spacial score (nSPS) is 18.4. The summed E-state index contributed by atoms with van der Waals surface area (Å²) in [5.74, 6) is -0.199. The number of carbonyl (C=O) groups excluding carboxylic acids is 2. The quantitative estimate of drug-likeness (QED) is 0.768. The van der Waals surface area contributed by atoms with Gasteiger partial charge in [0.1, 0.15) is 0 Å². The van der Waals surface area contributed by atoms with Crippen molar-refractivity contribution in [3.05, 3.63) is 65.7 Å². The van der Waals surface area contributed by atoms with Crippen LogP contribution in [-0.2, 0) is 14.6 Å². The van der Waals surface area contributed by atoms with Gasteiger partial charge in [-0.05, 0) is 25.6 Å². The Hall–Kier alpha value is -2.51. The molecule has 6 nitrogen and oxygen atoms in total. The lowest BCUT2D eigenvalue weighted by molar-refractivity contribution is -0.117. The smallest absolute Gasteiger partial charge is 0.238 e. The summed E-state index contributed by atoms with van der Waals surface area (Å²) < 4.78 is 23.2. The molecule has 1 atom stereocenters. The van der Waals surface area contributed by atoms with Crippen LogP contribution in [0.2, 0.25) is 0 Å². The molecule has 0 bridgehead atoms. The molecule has 1 heterocycles. The van der Waals surface area contributed by atoms with Gasteiger partial charge < -0.3 is 5.32 Å². The Morgan fingerprint density at radius 3 is 2.41 bits per heavy atom. The molecule has 7 heteroatoms. The number of nitrogens with one attached hydrogen (secondary N) is 1. The second-order valence-electron chi connectivity index (χ2n) is 6.76. The fourth-order valence-corrected chi connectivity index (χ4v) is 5.01. The number of ketones is 1. The average Bonchev–Trinajstić information content (AvgIpc) is 3.02. The zero-order chi connectivity index (χ0) is 19.4. The summed E-state index contributed by atoms with van der Waals surface area (Å²) in [7, 11) is -1.26. The van der Waals surface area contributed by atoms with E-state index >= 15 is 0 Å². The molecule has 142 valence electrons. The van der Waals surface area contributed by atoms with Gasteiger partial charge in [-0.3, -0.25) is 14.5 Å². The number of amides is 1. The number of benzene rings is 2. The van der Waals surface area contributed by atoms with E-state index in [-0.39, 0.29) is 35.8 Å². The Morgan fingerprint density at radius 1 is 1.07 bits per heavy atom. The molecule has 0 saturated carbocycles. The van der Waals surface area contributed by atoms with Crippen LogP contribution >= 0.6 is 0 Å². The van der Waals surface area contributed by atoms with Crippen LogP contribution in [0.4, 0.5) is 5.69 Å². The van der Waals surface area contributed by atoms with Gasteiger partial charge in [-0.15, -0.1) is 0 Å². The van der Waals surface area contributed by atoms with E-state index in [2.05, 4.69) is 5.32 Å². The first-order chi connectivity index (χ1) is 12.9. The summed E-state index contributed by atoms with van der Waals surface area (Å²) in [4.78, 5) is 26.9. The largest absolute Gasteiger partial charge is 0.324 e. The fourth-order valence-electron chi connectivity index (χ4n) is 3.20. The predicted octanol–water partition coefficient (Wildman–Crippen LogP) is 1.97. The second-order valence-corrected chi connectivity index (χ2v) is 8.99. The van der Waals surface area contributed by atoms with Crippen molar-refractivity contribution in [2.24, 2.45) is 0 Å². The van der Waals surface area contributed by atoms with Gasteiger partial charge in [0.25, 0.3) is 0 Å². The lowest BCUT2D eigenvalue weighted by Gasteiger charge is -2.22. The summed E-state index contributed by atoms with van der Waals surface area (Å²) in [5.41, 5.74) is 1.42. The number of nitrogens with zero attached hydrogens (tertiary/aromatic N) is 1. The zero-order valence-electron chi connectivity index (χ0n) is 15.1. The van der Waals surface area contributed by atoms with Crippen molar-refractivity contribution < 1.29 is 18.0 Å². The van der Waals surface area contributed by atoms with Crippen molar-refractivity contribution in [3.63, 3.8) is 0 Å². The lowest BCUT2D eigenvalue weighted by atomic mass is 10.0. The van der Waals surface area contributed by atoms with Crippen LogP contribution in [0.25, 0.3) is 0 Å². The molecule has 1 aliphatic rings. The molecule has 2 aromatic rings. The van der Waals surface area contributed by atoms with Gasteiger partial charge in [0.2, 0.25) is 5.91 Å². The van der Waals surface area contributed by atoms with Crippen molar-refractivity contribution in [1.82, 2.24) is 4.90 Å². The third kappa shape index (κ3) is 4.81. The molecular formula is C20H22N2O4S. The van der Waals surface area contributed by atoms with Gasteiger partial charge >= 0.3 is 0 Å². The maximum Gasteiger partial charge on any atom is 0.238 e. The molecule has 1 amide bonds. The molecule has 0 radical (unpaired) electrons. The molecule has 1 saturated heterocycles. The fraction of sp³-hybridized carbons (Fsp3) is 0.300.